The summed E-state index contributed by atoms with van der Waals surface area (Å²) < 4.78 is 6.29. The molecule has 3 aromatic rings. The van der Waals surface area contributed by atoms with E-state index >= 15 is 0 Å². The number of nitrogens with one attached hydrogen (secondary N) is 1. The average molecular weight is 281 g/mol. The molecule has 3 N–H and O–H groups in total. The quantitative estimate of drug-likeness (QED) is 0.732. The van der Waals surface area contributed by atoms with Gasteiger partial charge in [-0.3, -0.25) is 9.89 Å². The molecule has 0 amide bonds. The molecule has 0 fully saturated rings. The van der Waals surface area contributed by atoms with Crippen LogP contribution in [0.15, 0.2) is 35.1 Å². The summed E-state index contributed by atoms with van der Waals surface area (Å²) in [7, 11) is 1.59. The molecule has 0 aliphatic rings. The normalized spacial score (nSPS) is 10.5. The van der Waals surface area contributed by atoms with Gasteiger partial charge in [-0.05, 0) is 24.3 Å². The van der Waals surface area contributed by atoms with E-state index in [1.807, 2.05) is 12.1 Å². The van der Waals surface area contributed by atoms with Crippen molar-refractivity contribution in [1.29, 1.82) is 5.26 Å². The van der Waals surface area contributed by atoms with E-state index in [9.17, 15) is 4.79 Å². The highest BCUT2D eigenvalue weighted by Gasteiger charge is 2.12. The van der Waals surface area contributed by atoms with Crippen molar-refractivity contribution in [3.8, 4) is 23.2 Å². The van der Waals surface area contributed by atoms with E-state index in [-0.39, 0.29) is 11.3 Å². The van der Waals surface area contributed by atoms with Gasteiger partial charge in [-0.2, -0.15) is 9.78 Å². The highest BCUT2D eigenvalue weighted by Crippen LogP contribution is 2.20. The number of pyridine rings is 1. The topological polar surface area (TPSA) is 109 Å². The number of fused-ring (bicyclic) bond motifs is 1. The van der Waals surface area contributed by atoms with Gasteiger partial charge in [-0.15, -0.1) is 0 Å². The zero-order valence-electron chi connectivity index (χ0n) is 11.1. The molecule has 7 heteroatoms. The van der Waals surface area contributed by atoms with E-state index < -0.39 is 5.56 Å². The molecule has 0 spiro atoms. The summed E-state index contributed by atoms with van der Waals surface area (Å²) in [6, 6.07) is 10.5. The van der Waals surface area contributed by atoms with Crippen molar-refractivity contribution in [2.45, 2.75) is 0 Å². The van der Waals surface area contributed by atoms with Crippen LogP contribution in [0.5, 0.6) is 5.75 Å². The van der Waals surface area contributed by atoms with Gasteiger partial charge in [0, 0.05) is 11.6 Å². The standard InChI is InChI=1S/C14H11N5O2/c1-21-9-4-2-8(3-5-9)13-17-12-6-11(16)10(7-15)14(20)19(12)18-13/h2-6H,16H2,1H3,(H,17,18). The van der Waals surface area contributed by atoms with Crippen molar-refractivity contribution < 1.29 is 4.74 Å². The number of nitrogen functional groups attached to an aromatic ring is 1. The third-order valence-corrected chi connectivity index (χ3v) is 3.14. The van der Waals surface area contributed by atoms with Gasteiger partial charge in [-0.25, -0.2) is 4.98 Å². The Hall–Kier alpha value is -3.27. The van der Waals surface area contributed by atoms with Crippen LogP contribution in [0.25, 0.3) is 17.0 Å². The summed E-state index contributed by atoms with van der Waals surface area (Å²) in [4.78, 5) is 16.4. The molecule has 0 aliphatic carbocycles. The summed E-state index contributed by atoms with van der Waals surface area (Å²) in [6.45, 7) is 0. The largest absolute Gasteiger partial charge is 0.497 e. The molecule has 0 radical (unpaired) electrons. The van der Waals surface area contributed by atoms with E-state index in [0.717, 1.165) is 11.3 Å². The first-order valence-corrected chi connectivity index (χ1v) is 6.10. The SMILES string of the molecule is COc1ccc(-c2nc3cc(N)c(C#N)c(=O)n3[nH]2)cc1. The molecule has 1 aromatic carbocycles. The lowest BCUT2D eigenvalue weighted by molar-refractivity contribution is 0.415. The number of nitrogens with two attached hydrogens (primary N) is 1. The van der Waals surface area contributed by atoms with Gasteiger partial charge in [0.15, 0.2) is 11.5 Å². The van der Waals surface area contributed by atoms with Crippen LogP contribution >= 0.6 is 0 Å². The number of hydrogen-bond acceptors (Lipinski definition) is 5. The Kier molecular flexibility index (Phi) is 2.84. The van der Waals surface area contributed by atoms with Crippen LogP contribution in [-0.2, 0) is 0 Å². The number of anilines is 1. The molecule has 7 nitrogen and oxygen atoms in total. The number of aromatic nitrogens is 3. The van der Waals surface area contributed by atoms with Crippen molar-refractivity contribution in [2.24, 2.45) is 0 Å². The summed E-state index contributed by atoms with van der Waals surface area (Å²) in [6.07, 6.45) is 0. The van der Waals surface area contributed by atoms with E-state index in [1.165, 1.54) is 10.6 Å². The Morgan fingerprint density at radius 2 is 2.10 bits per heavy atom. The Morgan fingerprint density at radius 3 is 2.71 bits per heavy atom. The van der Waals surface area contributed by atoms with E-state index in [1.54, 1.807) is 25.3 Å². The van der Waals surface area contributed by atoms with Gasteiger partial charge < -0.3 is 10.5 Å². The number of methoxy groups -OCH3 is 1. The van der Waals surface area contributed by atoms with Gasteiger partial charge in [-0.1, -0.05) is 0 Å². The Balaban J connectivity index is 2.19. The minimum Gasteiger partial charge on any atom is -0.497 e. The third kappa shape index (κ3) is 1.99. The second-order valence-electron chi connectivity index (χ2n) is 4.39. The van der Waals surface area contributed by atoms with Crippen LogP contribution in [0.2, 0.25) is 0 Å². The van der Waals surface area contributed by atoms with Gasteiger partial charge in [0.2, 0.25) is 0 Å². The maximum Gasteiger partial charge on any atom is 0.291 e. The van der Waals surface area contributed by atoms with Crippen molar-refractivity contribution >= 4 is 11.3 Å². The fourth-order valence-electron chi connectivity index (χ4n) is 2.04. The first kappa shape index (κ1) is 12.7. The molecule has 104 valence electrons. The molecular formula is C14H11N5O2. The summed E-state index contributed by atoms with van der Waals surface area (Å²) in [5.41, 5.74) is 6.34. The van der Waals surface area contributed by atoms with Crippen LogP contribution in [-0.4, -0.2) is 21.7 Å². The molecule has 0 saturated carbocycles. The number of aromatic amines is 1. The molecule has 2 aromatic heterocycles. The second kappa shape index (κ2) is 4.68. The zero-order valence-corrected chi connectivity index (χ0v) is 11.1. The van der Waals surface area contributed by atoms with E-state index in [2.05, 4.69) is 10.1 Å². The predicted octanol–water partition coefficient (Wildman–Crippen LogP) is 1.15. The molecule has 2 heterocycles. The average Bonchev–Trinajstić information content (AvgIpc) is 2.92. The van der Waals surface area contributed by atoms with Crippen LogP contribution in [0, 0.1) is 11.3 Å². The van der Waals surface area contributed by atoms with Crippen molar-refractivity contribution in [2.75, 3.05) is 12.8 Å². The minimum absolute atomic E-state index is 0.0996. The monoisotopic (exact) mass is 281 g/mol. The molecule has 0 aliphatic heterocycles. The third-order valence-electron chi connectivity index (χ3n) is 3.14. The maximum absolute atomic E-state index is 12.1. The van der Waals surface area contributed by atoms with Crippen LogP contribution in [0.1, 0.15) is 5.56 Å². The van der Waals surface area contributed by atoms with E-state index in [0.29, 0.717) is 11.5 Å². The van der Waals surface area contributed by atoms with Gasteiger partial charge >= 0.3 is 0 Å². The van der Waals surface area contributed by atoms with Crippen molar-refractivity contribution in [3.63, 3.8) is 0 Å². The fraction of sp³-hybridized carbons (Fsp3) is 0.0714. The number of rotatable bonds is 2. The lowest BCUT2D eigenvalue weighted by Crippen LogP contribution is -2.18. The number of H-pyrrole nitrogens is 1. The molecule has 21 heavy (non-hydrogen) atoms. The van der Waals surface area contributed by atoms with E-state index in [4.69, 9.17) is 15.7 Å². The fourth-order valence-corrected chi connectivity index (χ4v) is 2.04. The van der Waals surface area contributed by atoms with Gasteiger partial charge in [0.25, 0.3) is 5.56 Å². The molecule has 0 bridgehead atoms. The second-order valence-corrected chi connectivity index (χ2v) is 4.39. The minimum atomic E-state index is -0.514. The highest BCUT2D eigenvalue weighted by atomic mass is 16.5. The van der Waals surface area contributed by atoms with Gasteiger partial charge in [0.05, 0.1) is 12.8 Å². The Bertz CT molecular complexity index is 915. The summed E-state index contributed by atoms with van der Waals surface area (Å²) in [5.74, 6) is 1.23. The number of ether oxygens (including phenoxy) is 1. The summed E-state index contributed by atoms with van der Waals surface area (Å²) in [5, 5.41) is 11.8. The molecular weight excluding hydrogens is 270 g/mol. The smallest absolute Gasteiger partial charge is 0.291 e. The number of hydrogen-bond donors (Lipinski definition) is 2. The number of nitriles is 1. The maximum atomic E-state index is 12.1. The Morgan fingerprint density at radius 1 is 1.38 bits per heavy atom. The van der Waals surface area contributed by atoms with Crippen LogP contribution in [0.4, 0.5) is 5.69 Å². The zero-order chi connectivity index (χ0) is 15.0. The highest BCUT2D eigenvalue weighted by molar-refractivity contribution is 5.64. The lowest BCUT2D eigenvalue weighted by atomic mass is 10.2. The van der Waals surface area contributed by atoms with Crippen molar-refractivity contribution in [3.05, 3.63) is 46.2 Å². The number of benzene rings is 1. The Labute approximate surface area is 119 Å². The number of nitrogens with zero attached hydrogens (tertiary/aromatic N) is 3. The molecule has 0 atom stereocenters. The van der Waals surface area contributed by atoms with Crippen LogP contribution < -0.4 is 16.0 Å². The first-order valence-electron chi connectivity index (χ1n) is 6.10. The molecule has 3 rings (SSSR count). The summed E-state index contributed by atoms with van der Waals surface area (Å²) >= 11 is 0. The molecule has 0 unspecified atom stereocenters. The lowest BCUT2D eigenvalue weighted by Gasteiger charge is -1.99. The first-order chi connectivity index (χ1) is 10.1. The molecule has 0 saturated heterocycles. The van der Waals surface area contributed by atoms with Gasteiger partial charge in [0.1, 0.15) is 17.4 Å². The predicted molar refractivity (Wildman–Crippen MR) is 76.9 cm³/mol. The van der Waals surface area contributed by atoms with Crippen LogP contribution in [0.3, 0.4) is 0 Å². The van der Waals surface area contributed by atoms with Crippen molar-refractivity contribution in [1.82, 2.24) is 14.6 Å².